The van der Waals surface area contributed by atoms with E-state index in [1.54, 1.807) is 12.3 Å². The molecule has 2 aromatic heterocycles. The summed E-state index contributed by atoms with van der Waals surface area (Å²) >= 11 is 2.78. The monoisotopic (exact) mass is 225 g/mol. The Hall–Kier alpha value is -1.14. The molecular formula is C8H7N3OS2. The van der Waals surface area contributed by atoms with Crippen molar-refractivity contribution in [1.82, 2.24) is 9.97 Å². The molecule has 2 aromatic rings. The minimum Gasteiger partial charge on any atom is -0.365 e. The van der Waals surface area contributed by atoms with Gasteiger partial charge in [0.2, 0.25) is 0 Å². The van der Waals surface area contributed by atoms with Gasteiger partial charge in [0.15, 0.2) is 5.16 Å². The van der Waals surface area contributed by atoms with E-state index in [-0.39, 0.29) is 0 Å². The van der Waals surface area contributed by atoms with Crippen molar-refractivity contribution in [3.05, 3.63) is 17.1 Å². The van der Waals surface area contributed by atoms with Crippen molar-refractivity contribution in [3.63, 3.8) is 0 Å². The normalized spacial score (nSPS) is 10.6. The van der Waals surface area contributed by atoms with Crippen molar-refractivity contribution >= 4 is 39.2 Å². The summed E-state index contributed by atoms with van der Waals surface area (Å²) in [6, 6.07) is 1.70. The fraction of sp³-hybridized carbons (Fsp3) is 0.125. The first-order valence-electron chi connectivity index (χ1n) is 3.81. The Bertz CT molecular complexity index is 494. The van der Waals surface area contributed by atoms with Crippen molar-refractivity contribution in [3.8, 4) is 0 Å². The minimum atomic E-state index is -0.418. The van der Waals surface area contributed by atoms with Crippen molar-refractivity contribution in [2.45, 2.75) is 5.16 Å². The number of rotatable bonds is 2. The molecule has 2 N–H and O–H groups in total. The highest BCUT2D eigenvalue weighted by Gasteiger charge is 2.08. The van der Waals surface area contributed by atoms with Gasteiger partial charge in [-0.05, 0) is 12.3 Å². The van der Waals surface area contributed by atoms with Gasteiger partial charge in [0.05, 0.1) is 15.1 Å². The van der Waals surface area contributed by atoms with Crippen LogP contribution in [0.5, 0.6) is 0 Å². The van der Waals surface area contributed by atoms with E-state index in [9.17, 15) is 4.79 Å². The number of carbonyl (C=O) groups excluding carboxylic acids is 1. The molecule has 0 radical (unpaired) electrons. The molecule has 14 heavy (non-hydrogen) atoms. The number of nitrogens with zero attached hydrogens (tertiary/aromatic N) is 2. The summed E-state index contributed by atoms with van der Waals surface area (Å²) < 4.78 is 0.886. The van der Waals surface area contributed by atoms with Crippen LogP contribution in [-0.4, -0.2) is 22.1 Å². The van der Waals surface area contributed by atoms with Crippen molar-refractivity contribution in [1.29, 1.82) is 0 Å². The zero-order valence-electron chi connectivity index (χ0n) is 7.35. The van der Waals surface area contributed by atoms with Crippen molar-refractivity contribution in [2.24, 2.45) is 5.73 Å². The van der Waals surface area contributed by atoms with Gasteiger partial charge in [0, 0.05) is 6.20 Å². The first-order valence-corrected chi connectivity index (χ1v) is 5.85. The topological polar surface area (TPSA) is 68.9 Å². The average molecular weight is 225 g/mol. The van der Waals surface area contributed by atoms with Gasteiger partial charge < -0.3 is 5.73 Å². The predicted octanol–water partition coefficient (Wildman–Crippen LogP) is 1.51. The predicted molar refractivity (Wildman–Crippen MR) is 57.7 cm³/mol. The van der Waals surface area contributed by atoms with Gasteiger partial charge in [-0.3, -0.25) is 4.79 Å². The number of amides is 1. The molecule has 1 amide bonds. The zero-order chi connectivity index (χ0) is 10.1. The molecule has 0 spiro atoms. The quantitative estimate of drug-likeness (QED) is 0.621. The first kappa shape index (κ1) is 9.42. The summed E-state index contributed by atoms with van der Waals surface area (Å²) in [6.45, 7) is 0. The third-order valence-electron chi connectivity index (χ3n) is 1.67. The fourth-order valence-electron chi connectivity index (χ4n) is 1.04. The minimum absolute atomic E-state index is 0.418. The summed E-state index contributed by atoms with van der Waals surface area (Å²) in [5, 5.41) is 0.700. The number of fused-ring (bicyclic) bond motifs is 1. The highest BCUT2D eigenvalue weighted by molar-refractivity contribution is 7.98. The van der Waals surface area contributed by atoms with Crippen LogP contribution in [0.1, 0.15) is 9.67 Å². The molecular weight excluding hydrogens is 218 g/mol. The Morgan fingerprint density at radius 1 is 1.64 bits per heavy atom. The van der Waals surface area contributed by atoms with Gasteiger partial charge in [-0.15, -0.1) is 11.3 Å². The van der Waals surface area contributed by atoms with E-state index in [2.05, 4.69) is 9.97 Å². The third kappa shape index (κ3) is 1.58. The van der Waals surface area contributed by atoms with Gasteiger partial charge in [0.25, 0.3) is 5.91 Å². The Labute approximate surface area is 88.5 Å². The highest BCUT2D eigenvalue weighted by Crippen LogP contribution is 2.24. The van der Waals surface area contributed by atoms with Crippen LogP contribution in [-0.2, 0) is 0 Å². The molecule has 2 heterocycles. The molecule has 0 unspecified atom stereocenters. The van der Waals surface area contributed by atoms with Crippen molar-refractivity contribution < 1.29 is 4.79 Å². The van der Waals surface area contributed by atoms with Crippen LogP contribution >= 0.6 is 23.1 Å². The molecule has 0 saturated heterocycles. The Morgan fingerprint density at radius 2 is 2.43 bits per heavy atom. The number of carbonyl (C=O) groups is 1. The molecule has 72 valence electrons. The smallest absolute Gasteiger partial charge is 0.258 e. The summed E-state index contributed by atoms with van der Waals surface area (Å²) in [4.78, 5) is 19.8. The maximum atomic E-state index is 10.9. The highest BCUT2D eigenvalue weighted by atomic mass is 32.2. The zero-order valence-corrected chi connectivity index (χ0v) is 8.98. The number of thioether (sulfide) groups is 1. The summed E-state index contributed by atoms with van der Waals surface area (Å²) in [5.41, 5.74) is 5.95. The Morgan fingerprint density at radius 3 is 3.07 bits per heavy atom. The van der Waals surface area contributed by atoms with Crippen molar-refractivity contribution in [2.75, 3.05) is 6.26 Å². The maximum absolute atomic E-state index is 10.9. The van der Waals surface area contributed by atoms with Crippen LogP contribution in [0.25, 0.3) is 10.2 Å². The van der Waals surface area contributed by atoms with E-state index in [1.165, 1.54) is 23.1 Å². The Kier molecular flexibility index (Phi) is 2.39. The van der Waals surface area contributed by atoms with Crippen LogP contribution in [0.3, 0.4) is 0 Å². The van der Waals surface area contributed by atoms with E-state index >= 15 is 0 Å². The lowest BCUT2D eigenvalue weighted by atomic mass is 10.4. The summed E-state index contributed by atoms with van der Waals surface area (Å²) in [6.07, 6.45) is 3.62. The van der Waals surface area contributed by atoms with Gasteiger partial charge in [-0.1, -0.05) is 11.8 Å². The molecule has 4 nitrogen and oxygen atoms in total. The largest absolute Gasteiger partial charge is 0.365 e. The van der Waals surface area contributed by atoms with Crippen LogP contribution in [0.15, 0.2) is 17.4 Å². The number of primary amides is 1. The molecule has 6 heteroatoms. The van der Waals surface area contributed by atoms with Gasteiger partial charge in [0.1, 0.15) is 0 Å². The summed E-state index contributed by atoms with van der Waals surface area (Å²) in [5.74, 6) is -0.418. The molecule has 2 rings (SSSR count). The maximum Gasteiger partial charge on any atom is 0.258 e. The van der Waals surface area contributed by atoms with Gasteiger partial charge >= 0.3 is 0 Å². The van der Waals surface area contributed by atoms with E-state index in [0.29, 0.717) is 10.0 Å². The lowest BCUT2D eigenvalue weighted by molar-refractivity contribution is 0.100. The van der Waals surface area contributed by atoms with Gasteiger partial charge in [-0.25, -0.2) is 9.97 Å². The fourth-order valence-corrected chi connectivity index (χ4v) is 2.21. The number of thiophene rings is 1. The first-order chi connectivity index (χ1) is 6.70. The van der Waals surface area contributed by atoms with Crippen LogP contribution in [0, 0.1) is 0 Å². The third-order valence-corrected chi connectivity index (χ3v) is 3.31. The van der Waals surface area contributed by atoms with E-state index in [1.807, 2.05) is 6.26 Å². The second kappa shape index (κ2) is 3.55. The number of aromatic nitrogens is 2. The average Bonchev–Trinajstić information content (AvgIpc) is 2.59. The molecule has 0 aliphatic rings. The van der Waals surface area contributed by atoms with E-state index in [4.69, 9.17) is 5.73 Å². The molecule has 0 atom stereocenters. The second-order valence-corrected chi connectivity index (χ2v) is 4.44. The lowest BCUT2D eigenvalue weighted by Crippen LogP contribution is -2.08. The molecule has 0 bridgehead atoms. The molecule has 0 aliphatic heterocycles. The molecule has 0 fully saturated rings. The summed E-state index contributed by atoms with van der Waals surface area (Å²) in [7, 11) is 0. The number of hydrogen-bond donors (Lipinski definition) is 1. The lowest BCUT2D eigenvalue weighted by Gasteiger charge is -1.91. The van der Waals surface area contributed by atoms with Crippen LogP contribution in [0.2, 0.25) is 0 Å². The number of nitrogens with two attached hydrogens (primary N) is 1. The molecule has 0 aromatic carbocycles. The van der Waals surface area contributed by atoms with Gasteiger partial charge in [-0.2, -0.15) is 0 Å². The molecule has 0 saturated carbocycles. The second-order valence-electron chi connectivity index (χ2n) is 2.58. The SMILES string of the molecule is CSc1ncc2sc(C(N)=O)cc2n1. The van der Waals surface area contributed by atoms with E-state index in [0.717, 1.165) is 10.2 Å². The van der Waals surface area contributed by atoms with Crippen LogP contribution in [0.4, 0.5) is 0 Å². The number of hydrogen-bond acceptors (Lipinski definition) is 5. The van der Waals surface area contributed by atoms with E-state index < -0.39 is 5.91 Å². The standard InChI is InChI=1S/C8H7N3OS2/c1-13-8-10-3-6-4(11-8)2-5(14-6)7(9)12/h2-3H,1H3,(H2,9,12). The van der Waals surface area contributed by atoms with Crippen LogP contribution < -0.4 is 5.73 Å². The Balaban J connectivity index is 2.60. The molecule has 0 aliphatic carbocycles.